The Morgan fingerprint density at radius 1 is 1.43 bits per heavy atom. The fraction of sp³-hybridized carbons (Fsp3) is 0.600. The molecule has 0 aromatic rings. The molecule has 0 spiro atoms. The van der Waals surface area contributed by atoms with Gasteiger partial charge in [-0.15, -0.1) is 6.58 Å². The maximum atomic E-state index is 5.24. The number of nitrogens with two attached hydrogens (primary N) is 2. The first-order valence-electron chi connectivity index (χ1n) is 2.37. The number of hydrogen-bond acceptors (Lipinski definition) is 2. The Morgan fingerprint density at radius 2 is 1.86 bits per heavy atom. The van der Waals surface area contributed by atoms with E-state index in [0.29, 0.717) is 19.0 Å². The fourth-order valence-corrected chi connectivity index (χ4v) is 0.289. The lowest BCUT2D eigenvalue weighted by atomic mass is 10.1. The minimum absolute atomic E-state index is 0.306. The molecular formula is C5H12N2. The van der Waals surface area contributed by atoms with Crippen molar-refractivity contribution in [3.05, 3.63) is 12.7 Å². The van der Waals surface area contributed by atoms with Crippen LogP contribution in [0.5, 0.6) is 0 Å². The van der Waals surface area contributed by atoms with Crippen molar-refractivity contribution in [3.8, 4) is 0 Å². The summed E-state index contributed by atoms with van der Waals surface area (Å²) in [4.78, 5) is 0. The maximum Gasteiger partial charge on any atom is 0.00100 e. The van der Waals surface area contributed by atoms with E-state index in [1.807, 2.05) is 0 Å². The highest BCUT2D eigenvalue weighted by Gasteiger charge is 1.92. The third-order valence-electron chi connectivity index (χ3n) is 0.939. The van der Waals surface area contributed by atoms with Crippen molar-refractivity contribution >= 4 is 0 Å². The molecule has 0 radical (unpaired) electrons. The average Bonchev–Trinajstić information content (AvgIpc) is 1.72. The molecule has 0 saturated carbocycles. The first-order valence-corrected chi connectivity index (χ1v) is 2.37. The van der Waals surface area contributed by atoms with Crippen LogP contribution in [0.1, 0.15) is 0 Å². The van der Waals surface area contributed by atoms with Crippen LogP contribution in [0.2, 0.25) is 0 Å². The predicted octanol–water partition coefficient (Wildman–Crippen LogP) is -0.294. The van der Waals surface area contributed by atoms with Crippen LogP contribution in [0.25, 0.3) is 0 Å². The molecule has 0 saturated heterocycles. The Bertz CT molecular complexity index is 48.0. The van der Waals surface area contributed by atoms with E-state index in [4.69, 9.17) is 11.5 Å². The monoisotopic (exact) mass is 100 g/mol. The molecule has 0 aromatic heterocycles. The average molecular weight is 100 g/mol. The van der Waals surface area contributed by atoms with Crippen molar-refractivity contribution in [3.63, 3.8) is 0 Å². The predicted molar refractivity (Wildman–Crippen MR) is 31.8 cm³/mol. The van der Waals surface area contributed by atoms with Crippen molar-refractivity contribution in [2.75, 3.05) is 13.1 Å². The second kappa shape index (κ2) is 3.84. The second-order valence-electron chi connectivity index (χ2n) is 1.47. The molecular weight excluding hydrogens is 88.1 g/mol. The molecule has 0 fully saturated rings. The third kappa shape index (κ3) is 2.37. The van der Waals surface area contributed by atoms with Crippen molar-refractivity contribution in [1.82, 2.24) is 0 Å². The Labute approximate surface area is 44.2 Å². The first kappa shape index (κ1) is 6.66. The van der Waals surface area contributed by atoms with E-state index in [-0.39, 0.29) is 0 Å². The molecule has 2 heteroatoms. The second-order valence-corrected chi connectivity index (χ2v) is 1.47. The fourth-order valence-electron chi connectivity index (χ4n) is 0.289. The van der Waals surface area contributed by atoms with Gasteiger partial charge in [0, 0.05) is 5.92 Å². The lowest BCUT2D eigenvalue weighted by Crippen LogP contribution is -2.20. The molecule has 7 heavy (non-hydrogen) atoms. The van der Waals surface area contributed by atoms with Gasteiger partial charge < -0.3 is 11.5 Å². The van der Waals surface area contributed by atoms with Gasteiger partial charge in [0.2, 0.25) is 0 Å². The summed E-state index contributed by atoms with van der Waals surface area (Å²) in [7, 11) is 0. The van der Waals surface area contributed by atoms with Crippen LogP contribution in [0.4, 0.5) is 0 Å². The summed E-state index contributed by atoms with van der Waals surface area (Å²) in [5.41, 5.74) is 10.5. The van der Waals surface area contributed by atoms with Crippen molar-refractivity contribution < 1.29 is 0 Å². The van der Waals surface area contributed by atoms with Gasteiger partial charge in [-0.05, 0) is 13.1 Å². The van der Waals surface area contributed by atoms with Gasteiger partial charge in [0.1, 0.15) is 0 Å². The summed E-state index contributed by atoms with van der Waals surface area (Å²) in [6.45, 7) is 4.76. The van der Waals surface area contributed by atoms with Gasteiger partial charge in [-0.3, -0.25) is 0 Å². The molecule has 0 bridgehead atoms. The summed E-state index contributed by atoms with van der Waals surface area (Å²) in [6.07, 6.45) is 1.78. The topological polar surface area (TPSA) is 52.0 Å². The molecule has 2 nitrogen and oxygen atoms in total. The molecule has 0 aromatic carbocycles. The number of rotatable bonds is 3. The minimum Gasteiger partial charge on any atom is -0.330 e. The Balaban J connectivity index is 3.16. The lowest BCUT2D eigenvalue weighted by molar-refractivity contribution is 0.676. The Kier molecular flexibility index (Phi) is 3.65. The Hall–Kier alpha value is -0.340. The maximum absolute atomic E-state index is 5.24. The van der Waals surface area contributed by atoms with Gasteiger partial charge in [-0.1, -0.05) is 6.08 Å². The molecule has 0 amide bonds. The lowest BCUT2D eigenvalue weighted by Gasteiger charge is -2.01. The van der Waals surface area contributed by atoms with E-state index < -0.39 is 0 Å². The quantitative estimate of drug-likeness (QED) is 0.479. The SMILES string of the molecule is C=CC(CN)CN. The van der Waals surface area contributed by atoms with Crippen LogP contribution in [-0.4, -0.2) is 13.1 Å². The molecule has 0 unspecified atom stereocenters. The van der Waals surface area contributed by atoms with Crippen LogP contribution in [0, 0.1) is 5.92 Å². The highest BCUT2D eigenvalue weighted by molar-refractivity contribution is 4.79. The van der Waals surface area contributed by atoms with Crippen LogP contribution >= 0.6 is 0 Å². The molecule has 0 heterocycles. The summed E-state index contributed by atoms with van der Waals surface area (Å²) in [6, 6.07) is 0. The molecule has 0 rings (SSSR count). The largest absolute Gasteiger partial charge is 0.330 e. The first-order chi connectivity index (χ1) is 3.35. The van der Waals surface area contributed by atoms with Gasteiger partial charge >= 0.3 is 0 Å². The van der Waals surface area contributed by atoms with E-state index in [1.54, 1.807) is 6.08 Å². The molecule has 0 atom stereocenters. The van der Waals surface area contributed by atoms with Gasteiger partial charge in [0.05, 0.1) is 0 Å². The van der Waals surface area contributed by atoms with E-state index in [0.717, 1.165) is 0 Å². The molecule has 0 aliphatic rings. The summed E-state index contributed by atoms with van der Waals surface area (Å²) in [5, 5.41) is 0. The molecule has 0 aliphatic carbocycles. The standard InChI is InChI=1S/C5H12N2/c1-2-5(3-6)4-7/h2,5H,1,3-4,6-7H2. The van der Waals surface area contributed by atoms with Gasteiger partial charge in [-0.2, -0.15) is 0 Å². The van der Waals surface area contributed by atoms with Crippen molar-refractivity contribution in [2.45, 2.75) is 0 Å². The summed E-state index contributed by atoms with van der Waals surface area (Å²) in [5.74, 6) is 0.306. The normalized spacial score (nSPS) is 9.57. The smallest absolute Gasteiger partial charge is 0.00100 e. The summed E-state index contributed by atoms with van der Waals surface area (Å²) < 4.78 is 0. The van der Waals surface area contributed by atoms with E-state index in [9.17, 15) is 0 Å². The minimum atomic E-state index is 0.306. The van der Waals surface area contributed by atoms with Gasteiger partial charge in [-0.25, -0.2) is 0 Å². The van der Waals surface area contributed by atoms with Gasteiger partial charge in [0.25, 0.3) is 0 Å². The third-order valence-corrected chi connectivity index (χ3v) is 0.939. The van der Waals surface area contributed by atoms with E-state index in [1.165, 1.54) is 0 Å². The van der Waals surface area contributed by atoms with E-state index >= 15 is 0 Å². The van der Waals surface area contributed by atoms with E-state index in [2.05, 4.69) is 6.58 Å². The van der Waals surface area contributed by atoms with Crippen LogP contribution in [0.3, 0.4) is 0 Å². The van der Waals surface area contributed by atoms with Crippen LogP contribution in [-0.2, 0) is 0 Å². The molecule has 4 N–H and O–H groups in total. The Morgan fingerprint density at radius 3 is 1.86 bits per heavy atom. The number of hydrogen-bond donors (Lipinski definition) is 2. The highest BCUT2D eigenvalue weighted by Crippen LogP contribution is 1.87. The highest BCUT2D eigenvalue weighted by atomic mass is 14.6. The summed E-state index contributed by atoms with van der Waals surface area (Å²) >= 11 is 0. The zero-order chi connectivity index (χ0) is 5.70. The molecule has 0 aliphatic heterocycles. The van der Waals surface area contributed by atoms with Crippen LogP contribution in [0.15, 0.2) is 12.7 Å². The van der Waals surface area contributed by atoms with Crippen LogP contribution < -0.4 is 11.5 Å². The van der Waals surface area contributed by atoms with Crippen molar-refractivity contribution in [1.29, 1.82) is 0 Å². The zero-order valence-electron chi connectivity index (χ0n) is 4.43. The van der Waals surface area contributed by atoms with Crippen molar-refractivity contribution in [2.24, 2.45) is 17.4 Å². The molecule has 42 valence electrons. The van der Waals surface area contributed by atoms with Gasteiger partial charge in [0.15, 0.2) is 0 Å². The zero-order valence-corrected chi connectivity index (χ0v) is 4.43.